The third kappa shape index (κ3) is 3.16. The standard InChI is InChI=1S/C9H7ClF3NO4/c1-17-8(16)6-7(15)4(2-10)5(3-14-6)18-9(11,12)13/h3,15H,2H2,1H3. The third-order valence-electron chi connectivity index (χ3n) is 1.86. The van der Waals surface area contributed by atoms with Crippen molar-refractivity contribution in [3.05, 3.63) is 17.5 Å². The minimum atomic E-state index is -4.96. The summed E-state index contributed by atoms with van der Waals surface area (Å²) in [6.07, 6.45) is -4.32. The van der Waals surface area contributed by atoms with Gasteiger partial charge in [-0.05, 0) is 0 Å². The Hall–Kier alpha value is -1.70. The Labute approximate surface area is 104 Å². The second-order valence-corrected chi connectivity index (χ2v) is 3.24. The molecule has 0 aromatic carbocycles. The van der Waals surface area contributed by atoms with Gasteiger partial charge in [-0.3, -0.25) is 0 Å². The lowest BCUT2D eigenvalue weighted by Gasteiger charge is -2.13. The van der Waals surface area contributed by atoms with E-state index in [1.807, 2.05) is 0 Å². The van der Waals surface area contributed by atoms with Crippen molar-refractivity contribution in [3.63, 3.8) is 0 Å². The average molecular weight is 286 g/mol. The van der Waals surface area contributed by atoms with Gasteiger partial charge in [-0.25, -0.2) is 9.78 Å². The molecular formula is C9H7ClF3NO4. The fourth-order valence-corrected chi connectivity index (χ4v) is 1.37. The maximum Gasteiger partial charge on any atom is 0.573 e. The molecule has 0 aliphatic heterocycles. The Bertz CT molecular complexity index is 464. The molecule has 1 rings (SSSR count). The van der Waals surface area contributed by atoms with Crippen LogP contribution in [0.3, 0.4) is 0 Å². The lowest BCUT2D eigenvalue weighted by atomic mass is 10.2. The van der Waals surface area contributed by atoms with E-state index >= 15 is 0 Å². The summed E-state index contributed by atoms with van der Waals surface area (Å²) in [6.45, 7) is 0. The number of esters is 1. The highest BCUT2D eigenvalue weighted by Crippen LogP contribution is 2.34. The highest BCUT2D eigenvalue weighted by Gasteiger charge is 2.33. The molecular weight excluding hydrogens is 279 g/mol. The van der Waals surface area contributed by atoms with Gasteiger partial charge in [0.1, 0.15) is 0 Å². The number of halogens is 4. The molecule has 18 heavy (non-hydrogen) atoms. The molecule has 0 radical (unpaired) electrons. The molecule has 0 saturated carbocycles. The van der Waals surface area contributed by atoms with Crippen molar-refractivity contribution < 1.29 is 32.5 Å². The van der Waals surface area contributed by atoms with Crippen LogP contribution in [0, 0.1) is 0 Å². The number of nitrogens with zero attached hydrogens (tertiary/aromatic N) is 1. The second kappa shape index (κ2) is 5.30. The Morgan fingerprint density at radius 2 is 2.17 bits per heavy atom. The van der Waals surface area contributed by atoms with Crippen molar-refractivity contribution in [2.75, 3.05) is 7.11 Å². The van der Waals surface area contributed by atoms with Crippen LogP contribution in [0.5, 0.6) is 11.5 Å². The van der Waals surface area contributed by atoms with E-state index in [0.717, 1.165) is 7.11 Å². The first-order chi connectivity index (χ1) is 8.30. The number of carbonyl (C=O) groups excluding carboxylic acids is 1. The molecule has 100 valence electrons. The maximum absolute atomic E-state index is 12.0. The van der Waals surface area contributed by atoms with Crippen molar-refractivity contribution in [2.45, 2.75) is 12.2 Å². The summed E-state index contributed by atoms with van der Waals surface area (Å²) in [7, 11) is 1.03. The zero-order chi connectivity index (χ0) is 13.9. The number of hydrogen-bond donors (Lipinski definition) is 1. The van der Waals surface area contributed by atoms with Gasteiger partial charge in [0.2, 0.25) is 0 Å². The summed E-state index contributed by atoms with van der Waals surface area (Å²) in [4.78, 5) is 14.5. The molecule has 1 heterocycles. The van der Waals surface area contributed by atoms with Crippen LogP contribution in [0.4, 0.5) is 13.2 Å². The molecule has 1 aromatic heterocycles. The van der Waals surface area contributed by atoms with E-state index in [2.05, 4.69) is 14.5 Å². The molecule has 0 amide bonds. The minimum Gasteiger partial charge on any atom is -0.505 e. The summed E-state index contributed by atoms with van der Waals surface area (Å²) in [5, 5.41) is 9.57. The zero-order valence-electron chi connectivity index (χ0n) is 8.92. The van der Waals surface area contributed by atoms with Crippen molar-refractivity contribution in [3.8, 4) is 11.5 Å². The fourth-order valence-electron chi connectivity index (χ4n) is 1.11. The molecule has 0 fully saturated rings. The van der Waals surface area contributed by atoms with Gasteiger partial charge in [0.05, 0.1) is 24.8 Å². The molecule has 0 unspecified atom stereocenters. The summed E-state index contributed by atoms with van der Waals surface area (Å²) in [6, 6.07) is 0. The highest BCUT2D eigenvalue weighted by molar-refractivity contribution is 6.17. The number of carbonyl (C=O) groups is 1. The molecule has 0 atom stereocenters. The summed E-state index contributed by atoms with van der Waals surface area (Å²) in [5.41, 5.74) is -0.938. The van der Waals surface area contributed by atoms with E-state index in [0.29, 0.717) is 6.20 Å². The normalized spacial score (nSPS) is 11.2. The number of methoxy groups -OCH3 is 1. The molecule has 0 spiro atoms. The van der Waals surface area contributed by atoms with Gasteiger partial charge in [0.15, 0.2) is 17.2 Å². The lowest BCUT2D eigenvalue weighted by Crippen LogP contribution is -2.19. The zero-order valence-corrected chi connectivity index (χ0v) is 9.67. The molecule has 0 bridgehead atoms. The molecule has 5 nitrogen and oxygen atoms in total. The number of aromatic hydroxyl groups is 1. The predicted octanol–water partition coefficient (Wildman–Crippen LogP) is 2.21. The van der Waals surface area contributed by atoms with Crippen LogP contribution < -0.4 is 4.74 Å². The van der Waals surface area contributed by atoms with Gasteiger partial charge in [-0.1, -0.05) is 0 Å². The van der Waals surface area contributed by atoms with E-state index < -0.39 is 41.0 Å². The molecule has 9 heteroatoms. The number of rotatable bonds is 3. The number of aromatic nitrogens is 1. The number of hydrogen-bond acceptors (Lipinski definition) is 5. The van der Waals surface area contributed by atoms with Crippen molar-refractivity contribution in [1.29, 1.82) is 0 Å². The fraction of sp³-hybridized carbons (Fsp3) is 0.333. The van der Waals surface area contributed by atoms with Gasteiger partial charge >= 0.3 is 12.3 Å². The number of ether oxygens (including phenoxy) is 2. The van der Waals surface area contributed by atoms with Gasteiger partial charge in [-0.2, -0.15) is 0 Å². The molecule has 1 aromatic rings. The minimum absolute atomic E-state index is 0.399. The number of alkyl halides is 4. The van der Waals surface area contributed by atoms with E-state index in [-0.39, 0.29) is 0 Å². The smallest absolute Gasteiger partial charge is 0.505 e. The lowest BCUT2D eigenvalue weighted by molar-refractivity contribution is -0.275. The van der Waals surface area contributed by atoms with Crippen molar-refractivity contribution in [2.24, 2.45) is 0 Å². The van der Waals surface area contributed by atoms with Gasteiger partial charge in [-0.15, -0.1) is 24.8 Å². The van der Waals surface area contributed by atoms with Crippen LogP contribution in [0.2, 0.25) is 0 Å². The van der Waals surface area contributed by atoms with E-state index in [1.165, 1.54) is 0 Å². The van der Waals surface area contributed by atoms with E-state index in [1.54, 1.807) is 0 Å². The SMILES string of the molecule is COC(=O)c1ncc(OC(F)(F)F)c(CCl)c1O. The number of pyridine rings is 1. The molecule has 0 aliphatic rings. The first kappa shape index (κ1) is 14.4. The van der Waals surface area contributed by atoms with Crippen LogP contribution in [0.1, 0.15) is 16.1 Å². The van der Waals surface area contributed by atoms with Crippen molar-refractivity contribution >= 4 is 17.6 Å². The maximum atomic E-state index is 12.0. The van der Waals surface area contributed by atoms with Crippen LogP contribution in [-0.2, 0) is 10.6 Å². The van der Waals surface area contributed by atoms with Crippen LogP contribution >= 0.6 is 11.6 Å². The van der Waals surface area contributed by atoms with E-state index in [9.17, 15) is 23.1 Å². The molecule has 0 aliphatic carbocycles. The Kier molecular flexibility index (Phi) is 4.23. The first-order valence-corrected chi connectivity index (χ1v) is 4.94. The average Bonchev–Trinajstić information content (AvgIpc) is 2.26. The van der Waals surface area contributed by atoms with Gasteiger partial charge in [0.25, 0.3) is 0 Å². The predicted molar refractivity (Wildman–Crippen MR) is 53.5 cm³/mol. The summed E-state index contributed by atoms with van der Waals surface area (Å²) in [5.74, 6) is -3.08. The second-order valence-electron chi connectivity index (χ2n) is 2.97. The quantitative estimate of drug-likeness (QED) is 0.681. The summed E-state index contributed by atoms with van der Waals surface area (Å²) < 4.78 is 44.0. The van der Waals surface area contributed by atoms with Crippen LogP contribution in [0.15, 0.2) is 6.20 Å². The van der Waals surface area contributed by atoms with E-state index in [4.69, 9.17) is 11.6 Å². The topological polar surface area (TPSA) is 68.7 Å². The van der Waals surface area contributed by atoms with Gasteiger partial charge < -0.3 is 14.6 Å². The monoisotopic (exact) mass is 285 g/mol. The van der Waals surface area contributed by atoms with Crippen LogP contribution in [-0.4, -0.2) is 29.5 Å². The van der Waals surface area contributed by atoms with Gasteiger partial charge in [0, 0.05) is 0 Å². The highest BCUT2D eigenvalue weighted by atomic mass is 35.5. The van der Waals surface area contributed by atoms with Crippen molar-refractivity contribution in [1.82, 2.24) is 4.98 Å². The Morgan fingerprint density at radius 3 is 2.61 bits per heavy atom. The first-order valence-electron chi connectivity index (χ1n) is 4.41. The molecule has 1 N–H and O–H groups in total. The Balaban J connectivity index is 3.25. The van der Waals surface area contributed by atoms with Crippen LogP contribution in [0.25, 0.3) is 0 Å². The third-order valence-corrected chi connectivity index (χ3v) is 2.12. The summed E-state index contributed by atoms with van der Waals surface area (Å²) >= 11 is 5.40. The largest absolute Gasteiger partial charge is 0.573 e. The molecule has 0 saturated heterocycles. The Morgan fingerprint density at radius 1 is 1.56 bits per heavy atom.